The number of cyclic esters (lactones) is 1. The molecule has 3 N–H and O–H groups in total. The second-order valence-electron chi connectivity index (χ2n) is 16.1. The highest BCUT2D eigenvalue weighted by atomic mass is 32.1. The Kier molecular flexibility index (Phi) is 9.92. The summed E-state index contributed by atoms with van der Waals surface area (Å²) in [6.07, 6.45) is 3.99. The number of hydrogen-bond acceptors (Lipinski definition) is 12. The molecule has 2 saturated heterocycles. The molecule has 54 heavy (non-hydrogen) atoms. The molecule has 8 rings (SSSR count). The van der Waals surface area contributed by atoms with Crippen LogP contribution in [0.4, 0.5) is 5.69 Å². The van der Waals surface area contributed by atoms with E-state index in [1.54, 1.807) is 7.11 Å². The van der Waals surface area contributed by atoms with Gasteiger partial charge in [0.2, 0.25) is 0 Å². The number of amides is 1. The van der Waals surface area contributed by atoms with Crippen LogP contribution in [0, 0.1) is 5.41 Å². The van der Waals surface area contributed by atoms with E-state index in [9.17, 15) is 9.59 Å². The zero-order valence-corrected chi connectivity index (χ0v) is 32.8. The number of methoxy groups -OCH3 is 1. The Morgan fingerprint density at radius 2 is 1.91 bits per heavy atom. The van der Waals surface area contributed by atoms with Crippen LogP contribution in [-0.4, -0.2) is 95.7 Å². The normalized spacial score (nSPS) is 25.2. The number of esters is 1. The monoisotopic (exact) mass is 757 g/mol. The van der Waals surface area contributed by atoms with Gasteiger partial charge in [0.15, 0.2) is 0 Å². The second-order valence-corrected chi connectivity index (χ2v) is 17.0. The average molecular weight is 758 g/mol. The zero-order chi connectivity index (χ0) is 37.9. The van der Waals surface area contributed by atoms with Gasteiger partial charge >= 0.3 is 5.97 Å². The van der Waals surface area contributed by atoms with Crippen LogP contribution < -0.4 is 20.8 Å². The van der Waals surface area contributed by atoms with Gasteiger partial charge in [0.1, 0.15) is 18.4 Å². The largest absolute Gasteiger partial charge is 0.489 e. The average Bonchev–Trinajstić information content (AvgIpc) is 3.75. The summed E-state index contributed by atoms with van der Waals surface area (Å²) in [7, 11) is 1.72. The number of rotatable bonds is 4. The highest BCUT2D eigenvalue weighted by molar-refractivity contribution is 7.10. The fourth-order valence-electron chi connectivity index (χ4n) is 8.41. The van der Waals surface area contributed by atoms with Crippen molar-refractivity contribution in [3.63, 3.8) is 0 Å². The second kappa shape index (κ2) is 14.5. The molecule has 0 saturated carbocycles. The lowest BCUT2D eigenvalue weighted by Crippen LogP contribution is -2.59. The number of fused-ring (bicyclic) bond motifs is 6. The highest BCUT2D eigenvalue weighted by Crippen LogP contribution is 2.47. The smallest absolute Gasteiger partial charge is 0.324 e. The van der Waals surface area contributed by atoms with E-state index in [2.05, 4.69) is 60.8 Å². The van der Waals surface area contributed by atoms with Crippen LogP contribution in [0.2, 0.25) is 0 Å². The van der Waals surface area contributed by atoms with Gasteiger partial charge < -0.3 is 34.1 Å². The predicted molar refractivity (Wildman–Crippen MR) is 207 cm³/mol. The quantitative estimate of drug-likeness (QED) is 0.271. The van der Waals surface area contributed by atoms with E-state index < -0.39 is 17.5 Å². The first-order valence-electron chi connectivity index (χ1n) is 19.1. The molecule has 1 amide bonds. The minimum absolute atomic E-state index is 0.0902. The summed E-state index contributed by atoms with van der Waals surface area (Å²) in [6.45, 7) is 13.9. The third-order valence-electron chi connectivity index (χ3n) is 11.0. The Morgan fingerprint density at radius 1 is 1.11 bits per heavy atom. The van der Waals surface area contributed by atoms with Crippen molar-refractivity contribution in [1.82, 2.24) is 25.0 Å². The number of nitrogens with zero attached hydrogens (tertiary/aromatic N) is 5. The number of carbonyl (C=O) groups excluding carboxylic acids is 2. The van der Waals surface area contributed by atoms with Gasteiger partial charge in [-0.3, -0.25) is 19.6 Å². The SMILES string of the molecule is CO[C@@H](C)c1ncc(N2C[C@H](C)O[C@@H](C)C2)cc1-c1c2c3cc(cc4c3n1CCO4)-c1csc(n1)C[C@H](N)C(=O)N1CCC[C@H](N1)C(=O)OCC(C)(C)C2. The van der Waals surface area contributed by atoms with E-state index in [-0.39, 0.29) is 43.2 Å². The number of nitrogens with two attached hydrogens (primary N) is 1. The Labute approximate surface area is 320 Å². The number of anilines is 1. The van der Waals surface area contributed by atoms with Gasteiger partial charge in [-0.25, -0.2) is 10.4 Å². The number of thiazole rings is 1. The first-order valence-corrected chi connectivity index (χ1v) is 20.0. The summed E-state index contributed by atoms with van der Waals surface area (Å²) in [4.78, 5) is 39.4. The van der Waals surface area contributed by atoms with E-state index in [1.165, 1.54) is 16.3 Å². The number of aromatic nitrogens is 3. The minimum Gasteiger partial charge on any atom is -0.489 e. The third kappa shape index (κ3) is 6.98. The van der Waals surface area contributed by atoms with E-state index in [0.717, 1.165) is 74.2 Å². The van der Waals surface area contributed by atoms with Crippen molar-refractivity contribution in [2.75, 3.05) is 44.9 Å². The summed E-state index contributed by atoms with van der Waals surface area (Å²) in [5.74, 6) is 0.150. The maximum atomic E-state index is 13.6. The summed E-state index contributed by atoms with van der Waals surface area (Å²) in [5, 5.41) is 5.33. The van der Waals surface area contributed by atoms with Crippen LogP contribution in [0.15, 0.2) is 29.8 Å². The third-order valence-corrected chi connectivity index (χ3v) is 11.9. The lowest BCUT2D eigenvalue weighted by Gasteiger charge is -2.37. The van der Waals surface area contributed by atoms with Crippen LogP contribution >= 0.6 is 11.3 Å². The topological polar surface area (TPSA) is 146 Å². The molecule has 2 fully saturated rings. The molecule has 3 aromatic heterocycles. The number of morpholine rings is 1. The summed E-state index contributed by atoms with van der Waals surface area (Å²) in [5.41, 5.74) is 16.9. The molecule has 5 atom stereocenters. The Bertz CT molecular complexity index is 2070. The van der Waals surface area contributed by atoms with Crippen molar-refractivity contribution >= 4 is 39.8 Å². The molecule has 4 aliphatic rings. The number of carbonyl (C=O) groups is 2. The van der Waals surface area contributed by atoms with E-state index >= 15 is 0 Å². The number of nitrogens with one attached hydrogen (secondary N) is 1. The van der Waals surface area contributed by atoms with Crippen molar-refractivity contribution in [3.05, 3.63) is 46.0 Å². The fourth-order valence-corrected chi connectivity index (χ4v) is 9.27. The van der Waals surface area contributed by atoms with E-state index in [1.807, 2.05) is 18.5 Å². The molecule has 1 aromatic carbocycles. The fraction of sp³-hybridized carbons (Fsp3) is 0.550. The maximum absolute atomic E-state index is 13.6. The van der Waals surface area contributed by atoms with Crippen molar-refractivity contribution in [2.45, 2.75) is 97.2 Å². The molecule has 13 nitrogen and oxygen atoms in total. The molecule has 0 radical (unpaired) electrons. The maximum Gasteiger partial charge on any atom is 0.324 e. The predicted octanol–water partition coefficient (Wildman–Crippen LogP) is 5.03. The molecule has 288 valence electrons. The van der Waals surface area contributed by atoms with Gasteiger partial charge in [-0.05, 0) is 63.8 Å². The molecule has 4 aromatic rings. The van der Waals surface area contributed by atoms with Crippen molar-refractivity contribution in [2.24, 2.45) is 11.1 Å². The van der Waals surface area contributed by atoms with Gasteiger partial charge in [0.25, 0.3) is 5.91 Å². The van der Waals surface area contributed by atoms with Crippen LogP contribution in [0.3, 0.4) is 0 Å². The lowest BCUT2D eigenvalue weighted by molar-refractivity contribution is -0.154. The number of hydrogen-bond donors (Lipinski definition) is 2. The number of hydrazine groups is 1. The molecule has 0 unspecified atom stereocenters. The van der Waals surface area contributed by atoms with Crippen molar-refractivity contribution in [1.29, 1.82) is 0 Å². The Morgan fingerprint density at radius 3 is 2.69 bits per heavy atom. The van der Waals surface area contributed by atoms with E-state index in [4.69, 9.17) is 34.6 Å². The number of pyridine rings is 1. The number of benzene rings is 1. The molecule has 6 bridgehead atoms. The standard InChI is InChI=1S/C40H51N7O6S/c1-22-18-45(19-23(2)53-22)26-14-28(35(42-17-26)24(3)50-6)36-29-16-40(4,5)21-52-39(49)31-8-7-9-47(44-31)38(48)30(41)15-34-43-32(20-54-34)25-12-27(29)37-33(13-25)51-11-10-46(36)37/h12-14,17,20,22-24,30-31,44H,7-11,15-16,18-19,21,41H2,1-6H3/t22-,23-,24-,30-,31-/m0/s1. The Hall–Kier alpha value is -4.08. The summed E-state index contributed by atoms with van der Waals surface area (Å²) in [6, 6.07) is 5.10. The minimum atomic E-state index is -0.809. The number of ether oxygens (including phenoxy) is 4. The van der Waals surface area contributed by atoms with Crippen LogP contribution in [0.25, 0.3) is 33.4 Å². The highest BCUT2D eigenvalue weighted by Gasteiger charge is 2.36. The Balaban J connectivity index is 1.32. The van der Waals surface area contributed by atoms with E-state index in [0.29, 0.717) is 39.0 Å². The van der Waals surface area contributed by atoms with Crippen molar-refractivity contribution in [3.8, 4) is 28.3 Å². The molecular formula is C40H51N7O6S. The van der Waals surface area contributed by atoms with Crippen LogP contribution in [-0.2, 0) is 43.2 Å². The molecule has 4 aliphatic heterocycles. The lowest BCUT2D eigenvalue weighted by atomic mass is 9.84. The van der Waals surface area contributed by atoms with Crippen LogP contribution in [0.5, 0.6) is 5.75 Å². The van der Waals surface area contributed by atoms with Gasteiger partial charge in [0, 0.05) is 60.5 Å². The van der Waals surface area contributed by atoms with Gasteiger partial charge in [-0.15, -0.1) is 11.3 Å². The molecule has 7 heterocycles. The van der Waals surface area contributed by atoms with Gasteiger partial charge in [0.05, 0.1) is 77.0 Å². The molecule has 0 aliphatic carbocycles. The first-order chi connectivity index (χ1) is 25.9. The molecular weight excluding hydrogens is 707 g/mol. The molecule has 0 spiro atoms. The zero-order valence-electron chi connectivity index (χ0n) is 32.0. The van der Waals surface area contributed by atoms with Gasteiger partial charge in [-0.1, -0.05) is 13.8 Å². The van der Waals surface area contributed by atoms with Crippen LogP contribution in [0.1, 0.15) is 69.8 Å². The first kappa shape index (κ1) is 36.9. The molecule has 14 heteroatoms. The summed E-state index contributed by atoms with van der Waals surface area (Å²) < 4.78 is 26.9. The van der Waals surface area contributed by atoms with Gasteiger partial charge in [-0.2, -0.15) is 0 Å². The summed E-state index contributed by atoms with van der Waals surface area (Å²) >= 11 is 1.49. The van der Waals surface area contributed by atoms with Crippen molar-refractivity contribution < 1.29 is 28.5 Å².